The zero-order chi connectivity index (χ0) is 10.2. The zero-order valence-electron chi connectivity index (χ0n) is 8.55. The molecular formula is C11H16N2S. The van der Waals surface area contributed by atoms with Crippen LogP contribution in [0.3, 0.4) is 0 Å². The van der Waals surface area contributed by atoms with E-state index >= 15 is 0 Å². The van der Waals surface area contributed by atoms with E-state index < -0.39 is 0 Å². The van der Waals surface area contributed by atoms with E-state index in [1.54, 1.807) is 11.3 Å². The summed E-state index contributed by atoms with van der Waals surface area (Å²) < 4.78 is 0. The maximum Gasteiger partial charge on any atom is 0.0925 e. The summed E-state index contributed by atoms with van der Waals surface area (Å²) in [5.74, 6) is 2.63. The minimum absolute atomic E-state index is 0.857. The van der Waals surface area contributed by atoms with E-state index in [0.717, 1.165) is 32.4 Å². The van der Waals surface area contributed by atoms with Gasteiger partial charge in [0.25, 0.3) is 0 Å². The van der Waals surface area contributed by atoms with Crippen LogP contribution < -0.4 is 5.32 Å². The topological polar surface area (TPSA) is 24.9 Å². The van der Waals surface area contributed by atoms with Gasteiger partial charge in [-0.1, -0.05) is 6.92 Å². The highest BCUT2D eigenvalue weighted by Crippen LogP contribution is 2.12. The Morgan fingerprint density at radius 2 is 2.50 bits per heavy atom. The first-order valence-corrected chi connectivity index (χ1v) is 5.76. The van der Waals surface area contributed by atoms with Gasteiger partial charge >= 0.3 is 0 Å². The minimum atomic E-state index is 0.857. The van der Waals surface area contributed by atoms with E-state index in [9.17, 15) is 0 Å². The van der Waals surface area contributed by atoms with Crippen molar-refractivity contribution in [3.8, 4) is 12.3 Å². The summed E-state index contributed by atoms with van der Waals surface area (Å²) in [6.07, 6.45) is 10.1. The Labute approximate surface area is 89.8 Å². The van der Waals surface area contributed by atoms with Gasteiger partial charge in [-0.05, 0) is 19.4 Å². The molecule has 0 spiro atoms. The molecule has 0 aromatic carbocycles. The summed E-state index contributed by atoms with van der Waals surface area (Å²) in [5, 5.41) is 4.56. The molecule has 1 N–H and O–H groups in total. The average molecular weight is 208 g/mol. The third kappa shape index (κ3) is 3.91. The highest BCUT2D eigenvalue weighted by atomic mass is 32.1. The van der Waals surface area contributed by atoms with Crippen molar-refractivity contribution in [1.29, 1.82) is 0 Å². The summed E-state index contributed by atoms with van der Waals surface area (Å²) in [7, 11) is 0. The van der Waals surface area contributed by atoms with E-state index in [2.05, 4.69) is 23.1 Å². The molecule has 0 fully saturated rings. The first-order chi connectivity index (χ1) is 6.86. The molecule has 0 saturated heterocycles. The molecule has 0 unspecified atom stereocenters. The summed E-state index contributed by atoms with van der Waals surface area (Å²) >= 11 is 1.78. The number of thiazole rings is 1. The Balaban J connectivity index is 2.15. The maximum absolute atomic E-state index is 5.16. The van der Waals surface area contributed by atoms with Crippen molar-refractivity contribution in [3.63, 3.8) is 0 Å². The van der Waals surface area contributed by atoms with Gasteiger partial charge in [0.1, 0.15) is 0 Å². The predicted octanol–water partition coefficient (Wildman–Crippen LogP) is 2.21. The molecule has 0 aliphatic carbocycles. The lowest BCUT2D eigenvalue weighted by Crippen LogP contribution is -2.13. The van der Waals surface area contributed by atoms with E-state index in [1.807, 2.05) is 6.20 Å². The second-order valence-electron chi connectivity index (χ2n) is 3.06. The molecule has 1 rings (SSSR count). The van der Waals surface area contributed by atoms with Crippen LogP contribution in [0.5, 0.6) is 0 Å². The molecule has 1 aromatic rings. The first-order valence-electron chi connectivity index (χ1n) is 4.94. The number of hydrogen-bond acceptors (Lipinski definition) is 3. The lowest BCUT2D eigenvalue weighted by Gasteiger charge is -1.99. The summed E-state index contributed by atoms with van der Waals surface area (Å²) in [5.41, 5.74) is 0. The molecule has 0 amide bonds. The molecule has 1 aromatic heterocycles. The van der Waals surface area contributed by atoms with Gasteiger partial charge in [-0.2, -0.15) is 0 Å². The fraction of sp³-hybridized carbons (Fsp3) is 0.545. The van der Waals surface area contributed by atoms with Gasteiger partial charge in [0.2, 0.25) is 0 Å². The minimum Gasteiger partial charge on any atom is -0.312 e. The van der Waals surface area contributed by atoms with E-state index in [4.69, 9.17) is 6.42 Å². The maximum atomic E-state index is 5.16. The fourth-order valence-corrected chi connectivity index (χ4v) is 1.95. The third-order valence-electron chi connectivity index (χ3n) is 1.88. The van der Waals surface area contributed by atoms with Crippen molar-refractivity contribution in [1.82, 2.24) is 10.3 Å². The van der Waals surface area contributed by atoms with Crippen LogP contribution in [-0.4, -0.2) is 11.5 Å². The molecule has 0 saturated carbocycles. The van der Waals surface area contributed by atoms with Crippen molar-refractivity contribution >= 4 is 11.3 Å². The number of hydrogen-bond donors (Lipinski definition) is 1. The molecule has 3 heteroatoms. The monoisotopic (exact) mass is 208 g/mol. The molecule has 0 aliphatic heterocycles. The van der Waals surface area contributed by atoms with Crippen molar-refractivity contribution in [2.45, 2.75) is 32.7 Å². The lowest BCUT2D eigenvalue weighted by molar-refractivity contribution is 0.664. The SMILES string of the molecule is C#CCCCNCc1cnc(CC)s1. The highest BCUT2D eigenvalue weighted by molar-refractivity contribution is 7.11. The van der Waals surface area contributed by atoms with Gasteiger partial charge < -0.3 is 5.32 Å². The van der Waals surface area contributed by atoms with Crippen LogP contribution in [0.2, 0.25) is 0 Å². The normalized spacial score (nSPS) is 10.0. The Hall–Kier alpha value is -0.850. The summed E-state index contributed by atoms with van der Waals surface area (Å²) in [6, 6.07) is 0. The Kier molecular flexibility index (Phi) is 5.28. The third-order valence-corrected chi connectivity index (χ3v) is 3.02. The second-order valence-corrected chi connectivity index (χ2v) is 4.26. The Bertz CT molecular complexity index is 298. The number of rotatable bonds is 6. The van der Waals surface area contributed by atoms with Crippen molar-refractivity contribution in [2.24, 2.45) is 0 Å². The first kappa shape index (κ1) is 11.2. The number of nitrogens with zero attached hydrogens (tertiary/aromatic N) is 1. The Morgan fingerprint density at radius 3 is 3.14 bits per heavy atom. The zero-order valence-corrected chi connectivity index (χ0v) is 9.36. The number of nitrogens with one attached hydrogen (secondary N) is 1. The fourth-order valence-electron chi connectivity index (χ4n) is 1.12. The molecule has 1 heterocycles. The average Bonchev–Trinajstić information content (AvgIpc) is 2.65. The van der Waals surface area contributed by atoms with Crippen LogP contribution >= 0.6 is 11.3 Å². The van der Waals surface area contributed by atoms with E-state index in [-0.39, 0.29) is 0 Å². The molecule has 76 valence electrons. The van der Waals surface area contributed by atoms with Gasteiger partial charge in [-0.15, -0.1) is 23.7 Å². The number of aromatic nitrogens is 1. The van der Waals surface area contributed by atoms with Crippen molar-refractivity contribution < 1.29 is 0 Å². The highest BCUT2D eigenvalue weighted by Gasteiger charge is 1.98. The molecular weight excluding hydrogens is 192 g/mol. The van der Waals surface area contributed by atoms with Gasteiger partial charge in [0, 0.05) is 24.0 Å². The molecule has 0 atom stereocenters. The molecule has 0 radical (unpaired) electrons. The van der Waals surface area contributed by atoms with E-state index in [0.29, 0.717) is 0 Å². The molecule has 14 heavy (non-hydrogen) atoms. The van der Waals surface area contributed by atoms with Gasteiger partial charge in [0.05, 0.1) is 5.01 Å². The van der Waals surface area contributed by atoms with Crippen LogP contribution in [0, 0.1) is 12.3 Å². The van der Waals surface area contributed by atoms with Crippen LogP contribution in [0.4, 0.5) is 0 Å². The number of aryl methyl sites for hydroxylation is 1. The molecule has 2 nitrogen and oxygen atoms in total. The number of terminal acetylenes is 1. The smallest absolute Gasteiger partial charge is 0.0925 e. The molecule has 0 bridgehead atoms. The van der Waals surface area contributed by atoms with Crippen LogP contribution in [0.15, 0.2) is 6.20 Å². The van der Waals surface area contributed by atoms with Crippen LogP contribution in [0.1, 0.15) is 29.7 Å². The van der Waals surface area contributed by atoms with Gasteiger partial charge in [0.15, 0.2) is 0 Å². The predicted molar refractivity (Wildman–Crippen MR) is 61.3 cm³/mol. The van der Waals surface area contributed by atoms with Crippen molar-refractivity contribution in [3.05, 3.63) is 16.1 Å². The van der Waals surface area contributed by atoms with Gasteiger partial charge in [-0.3, -0.25) is 0 Å². The van der Waals surface area contributed by atoms with Gasteiger partial charge in [-0.25, -0.2) is 4.98 Å². The van der Waals surface area contributed by atoms with Crippen LogP contribution in [0.25, 0.3) is 0 Å². The number of unbranched alkanes of at least 4 members (excludes halogenated alkanes) is 1. The largest absolute Gasteiger partial charge is 0.312 e. The standard InChI is InChI=1S/C11H16N2S/c1-3-5-6-7-12-8-10-9-13-11(4-2)14-10/h1,9,12H,4-8H2,2H3. The summed E-state index contributed by atoms with van der Waals surface area (Å²) in [4.78, 5) is 5.60. The Morgan fingerprint density at radius 1 is 1.64 bits per heavy atom. The van der Waals surface area contributed by atoms with E-state index in [1.165, 1.54) is 9.88 Å². The van der Waals surface area contributed by atoms with Crippen LogP contribution in [-0.2, 0) is 13.0 Å². The second kappa shape index (κ2) is 6.58. The quantitative estimate of drug-likeness (QED) is 0.572. The van der Waals surface area contributed by atoms with Crippen molar-refractivity contribution in [2.75, 3.05) is 6.54 Å². The summed E-state index contributed by atoms with van der Waals surface area (Å²) in [6.45, 7) is 4.04. The molecule has 0 aliphatic rings. The lowest BCUT2D eigenvalue weighted by atomic mass is 10.3.